The second-order valence-corrected chi connectivity index (χ2v) is 10.3. The van der Waals surface area contributed by atoms with Gasteiger partial charge < -0.3 is 14.7 Å². The minimum Gasteiger partial charge on any atom is -0.448 e. The molecule has 2 saturated heterocycles. The van der Waals surface area contributed by atoms with Gasteiger partial charge in [0.2, 0.25) is 0 Å². The van der Waals surface area contributed by atoms with E-state index < -0.39 is 28.9 Å². The third-order valence-corrected chi connectivity index (χ3v) is 8.25. The molecule has 3 aromatic rings. The minimum absolute atomic E-state index is 0.0532. The first kappa shape index (κ1) is 23.6. The topological polar surface area (TPSA) is 73.6 Å². The summed E-state index contributed by atoms with van der Waals surface area (Å²) in [6.07, 6.45) is 2.12. The van der Waals surface area contributed by atoms with Crippen molar-refractivity contribution in [1.82, 2.24) is 4.90 Å². The maximum Gasteiger partial charge on any atom is 0.410 e. The Labute approximate surface area is 213 Å². The Bertz CT molecular complexity index is 1350. The fourth-order valence-electron chi connectivity index (χ4n) is 6.58. The summed E-state index contributed by atoms with van der Waals surface area (Å²) >= 11 is 0. The fraction of sp³-hybridized carbons (Fsp3) is 0.333. The fourth-order valence-corrected chi connectivity index (χ4v) is 6.58. The van der Waals surface area contributed by atoms with Crippen molar-refractivity contribution in [2.24, 2.45) is 0 Å². The van der Waals surface area contributed by atoms with Gasteiger partial charge in [-0.05, 0) is 59.2 Å². The van der Waals surface area contributed by atoms with Crippen molar-refractivity contribution in [1.29, 1.82) is 5.26 Å². The minimum atomic E-state index is -1.49. The lowest BCUT2D eigenvalue weighted by atomic mass is 9.72. The third-order valence-electron chi connectivity index (χ3n) is 8.25. The van der Waals surface area contributed by atoms with Crippen molar-refractivity contribution in [3.05, 3.63) is 94.6 Å². The Morgan fingerprint density at radius 3 is 2.08 bits per heavy atom. The lowest BCUT2D eigenvalue weighted by Crippen LogP contribution is -2.59. The summed E-state index contributed by atoms with van der Waals surface area (Å²) in [4.78, 5) is 15.1. The second kappa shape index (κ2) is 8.97. The number of fused-ring (bicyclic) bond motifs is 5. The van der Waals surface area contributed by atoms with E-state index in [4.69, 9.17) is 10.00 Å². The maximum absolute atomic E-state index is 14.3. The summed E-state index contributed by atoms with van der Waals surface area (Å²) in [6.45, 7) is 0.207. The Morgan fingerprint density at radius 2 is 1.54 bits per heavy atom. The molecule has 3 aliphatic rings. The van der Waals surface area contributed by atoms with E-state index in [-0.39, 0.29) is 43.0 Å². The number of carbonyl (C=O) groups is 1. The molecule has 1 amide bonds. The Morgan fingerprint density at radius 1 is 1.00 bits per heavy atom. The summed E-state index contributed by atoms with van der Waals surface area (Å²) in [6, 6.07) is 19.3. The van der Waals surface area contributed by atoms with E-state index in [9.17, 15) is 18.7 Å². The maximum atomic E-state index is 14.3. The number of hydrogen-bond donors (Lipinski definition) is 1. The number of hydrogen-bond acceptors (Lipinski definition) is 4. The Hall–Kier alpha value is -3.76. The summed E-state index contributed by atoms with van der Waals surface area (Å²) in [5, 5.41) is 20.5. The molecule has 0 saturated carbocycles. The number of benzene rings is 3. The van der Waals surface area contributed by atoms with E-state index in [1.165, 1.54) is 6.07 Å². The lowest BCUT2D eigenvalue weighted by Gasteiger charge is -2.51. The zero-order chi connectivity index (χ0) is 25.7. The Kier molecular flexibility index (Phi) is 5.73. The van der Waals surface area contributed by atoms with Crippen LogP contribution in [-0.2, 0) is 10.3 Å². The second-order valence-electron chi connectivity index (χ2n) is 10.3. The molecule has 188 valence electrons. The van der Waals surface area contributed by atoms with Gasteiger partial charge in [0, 0.05) is 30.8 Å². The van der Waals surface area contributed by atoms with Gasteiger partial charge in [0.25, 0.3) is 0 Å². The first-order chi connectivity index (χ1) is 17.9. The number of rotatable bonds is 3. The van der Waals surface area contributed by atoms with Crippen LogP contribution in [0.15, 0.2) is 60.7 Å². The van der Waals surface area contributed by atoms with Crippen LogP contribution in [0.2, 0.25) is 0 Å². The predicted octanol–water partition coefficient (Wildman–Crippen LogP) is 5.99. The average molecular weight is 501 g/mol. The van der Waals surface area contributed by atoms with Gasteiger partial charge in [-0.2, -0.15) is 5.26 Å². The molecule has 1 aliphatic carbocycles. The van der Waals surface area contributed by atoms with Gasteiger partial charge in [-0.15, -0.1) is 0 Å². The van der Waals surface area contributed by atoms with Gasteiger partial charge in [0.05, 0.1) is 5.60 Å². The van der Waals surface area contributed by atoms with Crippen LogP contribution in [0, 0.1) is 23.0 Å². The van der Waals surface area contributed by atoms with Crippen LogP contribution in [-0.4, -0.2) is 34.8 Å². The largest absolute Gasteiger partial charge is 0.448 e. The van der Waals surface area contributed by atoms with Crippen LogP contribution in [0.1, 0.15) is 60.3 Å². The van der Waals surface area contributed by atoms with Crippen LogP contribution in [0.5, 0.6) is 0 Å². The normalized spacial score (nSPS) is 24.2. The van der Waals surface area contributed by atoms with Crippen LogP contribution < -0.4 is 0 Å². The van der Waals surface area contributed by atoms with Crippen molar-refractivity contribution in [3.63, 3.8) is 0 Å². The van der Waals surface area contributed by atoms with Crippen LogP contribution >= 0.6 is 0 Å². The summed E-state index contributed by atoms with van der Waals surface area (Å²) < 4.78 is 34.6. The van der Waals surface area contributed by atoms with Gasteiger partial charge in [0.15, 0.2) is 0 Å². The molecule has 2 unspecified atom stereocenters. The van der Waals surface area contributed by atoms with Crippen molar-refractivity contribution in [3.8, 4) is 17.2 Å². The molecule has 0 radical (unpaired) electrons. The third kappa shape index (κ3) is 3.87. The van der Waals surface area contributed by atoms with Crippen molar-refractivity contribution < 1.29 is 23.4 Å². The predicted molar refractivity (Wildman–Crippen MR) is 133 cm³/mol. The van der Waals surface area contributed by atoms with Crippen molar-refractivity contribution in [2.75, 3.05) is 6.61 Å². The van der Waals surface area contributed by atoms with E-state index in [0.717, 1.165) is 40.8 Å². The number of aliphatic hydroxyl groups is 1. The van der Waals surface area contributed by atoms with Gasteiger partial charge in [-0.1, -0.05) is 48.5 Å². The lowest BCUT2D eigenvalue weighted by molar-refractivity contribution is -0.0893. The molecule has 6 rings (SSSR count). The number of ether oxygens (including phenoxy) is 1. The highest BCUT2D eigenvalue weighted by atomic mass is 19.1. The molecule has 1 N–H and O–H groups in total. The summed E-state index contributed by atoms with van der Waals surface area (Å²) in [5.41, 5.74) is 2.52. The summed E-state index contributed by atoms with van der Waals surface area (Å²) in [5.74, 6) is -2.03. The number of carbonyl (C=O) groups excluding carboxylic acids is 1. The molecule has 3 aromatic carbocycles. The quantitative estimate of drug-likeness (QED) is 0.480. The van der Waals surface area contributed by atoms with Crippen LogP contribution in [0.25, 0.3) is 11.1 Å². The van der Waals surface area contributed by atoms with Gasteiger partial charge in [-0.25, -0.2) is 13.6 Å². The van der Waals surface area contributed by atoms with Crippen LogP contribution in [0.3, 0.4) is 0 Å². The highest BCUT2D eigenvalue weighted by molar-refractivity contribution is 5.79. The molecular formula is C30H26F2N2O3. The SMILES string of the molecule is N#Cc1c(F)cc(C2(O)CC3CCCC(C2)N3C(=O)OCC2c3ccccc3-c3ccccc32)cc1F. The van der Waals surface area contributed by atoms with E-state index >= 15 is 0 Å². The molecule has 2 bridgehead atoms. The molecule has 2 heterocycles. The van der Waals surface area contributed by atoms with Gasteiger partial charge in [-0.3, -0.25) is 0 Å². The average Bonchev–Trinajstić information content (AvgIpc) is 3.20. The molecule has 0 spiro atoms. The van der Waals surface area contributed by atoms with E-state index in [0.29, 0.717) is 12.8 Å². The highest BCUT2D eigenvalue weighted by Gasteiger charge is 2.49. The van der Waals surface area contributed by atoms with Gasteiger partial charge >= 0.3 is 6.09 Å². The summed E-state index contributed by atoms with van der Waals surface area (Å²) in [7, 11) is 0. The van der Waals surface area contributed by atoms with Crippen LogP contribution in [0.4, 0.5) is 13.6 Å². The number of piperidine rings is 2. The molecule has 7 heteroatoms. The first-order valence-electron chi connectivity index (χ1n) is 12.6. The molecule has 5 nitrogen and oxygen atoms in total. The molecule has 2 aliphatic heterocycles. The zero-order valence-electron chi connectivity index (χ0n) is 20.2. The molecule has 2 fully saturated rings. The van der Waals surface area contributed by atoms with Crippen molar-refractivity contribution in [2.45, 2.75) is 55.7 Å². The molecule has 0 aromatic heterocycles. The standard InChI is InChI=1S/C30H26F2N2O3/c31-27-12-18(13-28(32)25(27)16-33)30(36)14-19-6-5-7-20(15-30)34(19)29(35)37-17-26-23-10-3-1-8-21(23)22-9-2-4-11-24(22)26/h1-4,8-13,19-20,26,36H,5-7,14-15,17H2. The molecular weight excluding hydrogens is 474 g/mol. The molecule has 37 heavy (non-hydrogen) atoms. The highest BCUT2D eigenvalue weighted by Crippen LogP contribution is 2.47. The van der Waals surface area contributed by atoms with Crippen molar-refractivity contribution >= 4 is 6.09 Å². The molecule has 2 atom stereocenters. The zero-order valence-corrected chi connectivity index (χ0v) is 20.2. The van der Waals surface area contributed by atoms with E-state index in [1.54, 1.807) is 4.90 Å². The van der Waals surface area contributed by atoms with E-state index in [1.807, 2.05) is 24.3 Å². The number of halogens is 2. The number of amides is 1. The smallest absolute Gasteiger partial charge is 0.410 e. The van der Waals surface area contributed by atoms with Gasteiger partial charge in [0.1, 0.15) is 29.9 Å². The first-order valence-corrected chi connectivity index (χ1v) is 12.6. The number of nitrogens with zero attached hydrogens (tertiary/aromatic N) is 2. The number of nitriles is 1. The van der Waals surface area contributed by atoms with E-state index in [2.05, 4.69) is 24.3 Å². The monoisotopic (exact) mass is 500 g/mol. The Balaban J connectivity index is 1.21.